The molecule has 0 heterocycles. The summed E-state index contributed by atoms with van der Waals surface area (Å²) in [5.74, 6) is -0.259. The molecule has 0 saturated heterocycles. The standard InChI is InChI=1S/C7H5ClO2.Hg/c8-6-3-1-5(2-4-6)7(9)10;/h1-4H,(H,9,10);/q;+1/p-1. The normalized spacial score (nSPS) is 9.36. The predicted molar refractivity (Wildman–Crippen MR) is 36.9 cm³/mol. The van der Waals surface area contributed by atoms with Crippen LogP contribution in [0.25, 0.3) is 0 Å². The Morgan fingerprint density at radius 1 is 1.36 bits per heavy atom. The van der Waals surface area contributed by atoms with Gasteiger partial charge in [0.05, 0.1) is 0 Å². The topological polar surface area (TPSA) is 26.3 Å². The van der Waals surface area contributed by atoms with Gasteiger partial charge in [-0.1, -0.05) is 0 Å². The van der Waals surface area contributed by atoms with E-state index in [2.05, 4.69) is 2.64 Å². The Morgan fingerprint density at radius 2 is 1.91 bits per heavy atom. The zero-order valence-electron chi connectivity index (χ0n) is 5.71. The molecule has 0 bridgehead atoms. The van der Waals surface area contributed by atoms with Crippen LogP contribution >= 0.6 is 11.6 Å². The molecule has 1 aromatic rings. The van der Waals surface area contributed by atoms with Crippen molar-refractivity contribution in [1.29, 1.82) is 0 Å². The summed E-state index contributed by atoms with van der Waals surface area (Å²) >= 11 is 5.67. The van der Waals surface area contributed by atoms with Gasteiger partial charge in [-0.25, -0.2) is 0 Å². The molecule has 0 aliphatic rings. The number of carbonyl (C=O) groups excluding carboxylic acids is 1. The Morgan fingerprint density at radius 3 is 2.36 bits per heavy atom. The quantitative estimate of drug-likeness (QED) is 0.720. The Hall–Kier alpha value is -0.0849. The van der Waals surface area contributed by atoms with Gasteiger partial charge < -0.3 is 0 Å². The van der Waals surface area contributed by atoms with Crippen molar-refractivity contribution in [2.75, 3.05) is 0 Å². The van der Waals surface area contributed by atoms with E-state index >= 15 is 0 Å². The van der Waals surface area contributed by atoms with Crippen LogP contribution in [0.1, 0.15) is 10.4 Å². The van der Waals surface area contributed by atoms with E-state index in [1.165, 1.54) is 0 Å². The van der Waals surface area contributed by atoms with Gasteiger partial charge in [0, 0.05) is 0 Å². The predicted octanol–water partition coefficient (Wildman–Crippen LogP) is 1.96. The molecule has 1 aromatic carbocycles. The van der Waals surface area contributed by atoms with E-state index in [0.717, 1.165) is 0 Å². The van der Waals surface area contributed by atoms with Crippen molar-refractivity contribution in [3.8, 4) is 0 Å². The molecule has 53 valence electrons. The summed E-state index contributed by atoms with van der Waals surface area (Å²) in [5.41, 5.74) is 0.560. The van der Waals surface area contributed by atoms with Gasteiger partial charge in [-0.15, -0.1) is 0 Å². The first-order chi connectivity index (χ1) is 5.24. The van der Waals surface area contributed by atoms with E-state index in [1.807, 2.05) is 0 Å². The average molecular weight is 356 g/mol. The second-order valence-electron chi connectivity index (χ2n) is 1.94. The molecule has 4 heteroatoms. The van der Waals surface area contributed by atoms with Crippen LogP contribution in [0.5, 0.6) is 0 Å². The van der Waals surface area contributed by atoms with Crippen LogP contribution < -0.4 is 0 Å². The van der Waals surface area contributed by atoms with Crippen LogP contribution in [-0.4, -0.2) is 5.97 Å². The first kappa shape index (κ1) is 9.01. The SMILES string of the molecule is O=C([O][Hg])c1ccc(Cl)cc1. The molecule has 0 amide bonds. The minimum absolute atomic E-state index is 0.0549. The monoisotopic (exact) mass is 357 g/mol. The molecule has 2 nitrogen and oxygen atoms in total. The fourth-order valence-electron chi connectivity index (χ4n) is 0.669. The third-order valence-electron chi connectivity index (χ3n) is 1.21. The Balaban J connectivity index is 2.90. The van der Waals surface area contributed by atoms with Gasteiger partial charge >= 0.3 is 86.4 Å². The van der Waals surface area contributed by atoms with E-state index in [-0.39, 0.29) is 32.5 Å². The van der Waals surface area contributed by atoms with Crippen LogP contribution in [0.2, 0.25) is 5.02 Å². The van der Waals surface area contributed by atoms with Crippen LogP contribution in [0, 0.1) is 0 Å². The summed E-state index contributed by atoms with van der Waals surface area (Å²) in [6.07, 6.45) is 0. The molecule has 0 N–H and O–H groups in total. The minimum atomic E-state index is -0.259. The molecule has 0 saturated carbocycles. The summed E-state index contributed by atoms with van der Waals surface area (Å²) in [6.45, 7) is 0. The van der Waals surface area contributed by atoms with Crippen molar-refractivity contribution in [1.82, 2.24) is 0 Å². The first-order valence-corrected chi connectivity index (χ1v) is 5.58. The van der Waals surface area contributed by atoms with Crippen molar-refractivity contribution in [3.05, 3.63) is 34.9 Å². The second-order valence-corrected chi connectivity index (χ2v) is 3.50. The maximum atomic E-state index is 10.9. The van der Waals surface area contributed by atoms with E-state index in [9.17, 15) is 4.79 Å². The van der Waals surface area contributed by atoms with E-state index in [1.54, 1.807) is 24.3 Å². The fourth-order valence-corrected chi connectivity index (χ4v) is 1.44. The Bertz CT molecular complexity index is 258. The molecule has 1 rings (SSSR count). The van der Waals surface area contributed by atoms with Gasteiger partial charge in [0.25, 0.3) is 0 Å². The van der Waals surface area contributed by atoms with Crippen molar-refractivity contribution < 1.29 is 34.0 Å². The van der Waals surface area contributed by atoms with Gasteiger partial charge in [0.2, 0.25) is 0 Å². The molecule has 0 aliphatic carbocycles. The van der Waals surface area contributed by atoms with Crippen molar-refractivity contribution in [3.63, 3.8) is 0 Å². The van der Waals surface area contributed by atoms with Crippen LogP contribution in [-0.2, 0) is 29.2 Å². The van der Waals surface area contributed by atoms with Crippen LogP contribution in [0.3, 0.4) is 0 Å². The van der Waals surface area contributed by atoms with Crippen molar-refractivity contribution in [2.24, 2.45) is 0 Å². The second kappa shape index (κ2) is 4.07. The van der Waals surface area contributed by atoms with E-state index in [4.69, 9.17) is 11.6 Å². The molecule has 0 spiro atoms. The molecule has 0 aliphatic heterocycles. The Labute approximate surface area is 86.1 Å². The average Bonchev–Trinajstić information content (AvgIpc) is 2.05. The number of hydrogen-bond donors (Lipinski definition) is 0. The fraction of sp³-hybridized carbons (Fsp3) is 0. The summed E-state index contributed by atoms with van der Waals surface area (Å²) in [6, 6.07) is 6.64. The van der Waals surface area contributed by atoms with Crippen LogP contribution in [0.4, 0.5) is 0 Å². The molecule has 11 heavy (non-hydrogen) atoms. The van der Waals surface area contributed by atoms with E-state index < -0.39 is 0 Å². The number of rotatable bonds is 1. The zero-order valence-corrected chi connectivity index (χ0v) is 12.0. The number of hydrogen-bond acceptors (Lipinski definition) is 2. The molecule has 0 radical (unpaired) electrons. The molecular formula is C7H4ClHgO2. The first-order valence-electron chi connectivity index (χ1n) is 2.96. The van der Waals surface area contributed by atoms with Gasteiger partial charge in [0.1, 0.15) is 0 Å². The summed E-state index contributed by atoms with van der Waals surface area (Å²) in [5, 5.41) is 0.625. The van der Waals surface area contributed by atoms with Gasteiger partial charge in [-0.2, -0.15) is 0 Å². The summed E-state index contributed by atoms with van der Waals surface area (Å²) in [4.78, 5) is 10.9. The van der Waals surface area contributed by atoms with E-state index in [0.29, 0.717) is 10.6 Å². The third-order valence-corrected chi connectivity index (χ3v) is 2.48. The number of benzene rings is 1. The maximum absolute atomic E-state index is 10.9. The van der Waals surface area contributed by atoms with Gasteiger partial charge in [-0.3, -0.25) is 0 Å². The van der Waals surface area contributed by atoms with Crippen molar-refractivity contribution in [2.45, 2.75) is 0 Å². The zero-order chi connectivity index (χ0) is 8.27. The Kier molecular flexibility index (Phi) is 3.33. The third kappa shape index (κ3) is 2.45. The van der Waals surface area contributed by atoms with Gasteiger partial charge in [-0.05, 0) is 0 Å². The molecule has 0 aromatic heterocycles. The van der Waals surface area contributed by atoms with Gasteiger partial charge in [0.15, 0.2) is 0 Å². The molecular weight excluding hydrogens is 352 g/mol. The molecule has 0 fully saturated rings. The molecule has 0 unspecified atom stereocenters. The summed E-state index contributed by atoms with van der Waals surface area (Å²) in [7, 11) is 0. The molecule has 0 atom stereocenters. The summed E-state index contributed by atoms with van der Waals surface area (Å²) < 4.78 is 4.69. The van der Waals surface area contributed by atoms with Crippen LogP contribution in [0.15, 0.2) is 24.3 Å². The van der Waals surface area contributed by atoms with Crippen molar-refractivity contribution >= 4 is 17.6 Å². The number of halogens is 1. The number of carbonyl (C=O) groups is 1.